The molecular formula is C22H25O6P. The zero-order valence-electron chi connectivity index (χ0n) is 16.3. The first-order valence-corrected chi connectivity index (χ1v) is 10.6. The Morgan fingerprint density at radius 2 is 1.41 bits per heavy atom. The predicted octanol–water partition coefficient (Wildman–Crippen LogP) is 5.21. The molecule has 0 bridgehead atoms. The summed E-state index contributed by atoms with van der Waals surface area (Å²) in [6.07, 6.45) is 1.89. The van der Waals surface area contributed by atoms with Crippen molar-refractivity contribution in [3.05, 3.63) is 97.1 Å². The Bertz CT molecular complexity index is 821. The van der Waals surface area contributed by atoms with Crippen molar-refractivity contribution < 1.29 is 27.9 Å². The lowest BCUT2D eigenvalue weighted by atomic mass is 10.1. The van der Waals surface area contributed by atoms with Crippen LogP contribution in [0.5, 0.6) is 0 Å². The van der Waals surface area contributed by atoms with Crippen molar-refractivity contribution in [2.24, 2.45) is 0 Å². The molecule has 0 radical (unpaired) electrons. The molecule has 0 N–H and O–H groups in total. The summed E-state index contributed by atoms with van der Waals surface area (Å²) < 4.78 is 35.5. The van der Waals surface area contributed by atoms with E-state index in [-0.39, 0.29) is 13.2 Å². The maximum absolute atomic E-state index is 13.6. The van der Waals surface area contributed by atoms with Gasteiger partial charge in [0.05, 0.1) is 13.2 Å². The lowest BCUT2D eigenvalue weighted by molar-refractivity contribution is -0.159. The van der Waals surface area contributed by atoms with Crippen molar-refractivity contribution in [3.8, 4) is 0 Å². The fraction of sp³-hybridized carbons (Fsp3) is 0.227. The van der Waals surface area contributed by atoms with E-state index < -0.39 is 25.5 Å². The van der Waals surface area contributed by atoms with E-state index in [1.54, 1.807) is 54.6 Å². The second kappa shape index (κ2) is 11.5. The molecule has 154 valence electrons. The summed E-state index contributed by atoms with van der Waals surface area (Å²) in [7, 11) is -2.52. The van der Waals surface area contributed by atoms with E-state index in [9.17, 15) is 9.36 Å². The Morgan fingerprint density at radius 3 is 1.86 bits per heavy atom. The van der Waals surface area contributed by atoms with Crippen LogP contribution < -0.4 is 0 Å². The van der Waals surface area contributed by atoms with Crippen LogP contribution in [0.15, 0.2) is 86.0 Å². The van der Waals surface area contributed by atoms with Gasteiger partial charge in [0.1, 0.15) is 0 Å². The van der Waals surface area contributed by atoms with E-state index in [1.807, 2.05) is 6.07 Å². The van der Waals surface area contributed by atoms with Gasteiger partial charge in [-0.25, -0.2) is 4.79 Å². The Hall–Kier alpha value is -2.50. The number of hydrogen-bond donors (Lipinski definition) is 0. The minimum atomic E-state index is -3.92. The van der Waals surface area contributed by atoms with E-state index in [0.29, 0.717) is 11.1 Å². The van der Waals surface area contributed by atoms with Crippen LogP contribution in [0, 0.1) is 0 Å². The van der Waals surface area contributed by atoms with Crippen molar-refractivity contribution in [3.63, 3.8) is 0 Å². The maximum atomic E-state index is 13.6. The smallest absolute Gasteiger partial charge is 0.376 e. The summed E-state index contributed by atoms with van der Waals surface area (Å²) in [5, 5.41) is 0. The number of esters is 1. The van der Waals surface area contributed by atoms with Gasteiger partial charge in [-0.1, -0.05) is 72.8 Å². The van der Waals surface area contributed by atoms with Crippen LogP contribution in [0.25, 0.3) is 0 Å². The van der Waals surface area contributed by atoms with Gasteiger partial charge in [-0.2, -0.15) is 0 Å². The van der Waals surface area contributed by atoms with E-state index in [4.69, 9.17) is 18.5 Å². The first kappa shape index (κ1) is 22.8. The quantitative estimate of drug-likeness (QED) is 0.269. The number of methoxy groups -OCH3 is 1. The summed E-state index contributed by atoms with van der Waals surface area (Å²) >= 11 is 0. The molecule has 0 aliphatic heterocycles. The number of carbonyl (C=O) groups is 1. The monoisotopic (exact) mass is 416 g/mol. The summed E-state index contributed by atoms with van der Waals surface area (Å²) in [5.74, 6) is -1.99. The lowest BCUT2D eigenvalue weighted by Gasteiger charge is -2.27. The molecule has 0 aliphatic rings. The van der Waals surface area contributed by atoms with Crippen molar-refractivity contribution in [1.29, 1.82) is 0 Å². The average molecular weight is 416 g/mol. The fourth-order valence-electron chi connectivity index (χ4n) is 2.59. The molecule has 2 aromatic carbocycles. The number of rotatable bonds is 12. The molecular weight excluding hydrogens is 391 g/mol. The van der Waals surface area contributed by atoms with E-state index in [0.717, 1.165) is 0 Å². The summed E-state index contributed by atoms with van der Waals surface area (Å²) in [4.78, 5) is 12.9. The van der Waals surface area contributed by atoms with Gasteiger partial charge in [0.25, 0.3) is 0 Å². The van der Waals surface area contributed by atoms with Crippen LogP contribution in [0.1, 0.15) is 23.1 Å². The number of benzene rings is 2. The van der Waals surface area contributed by atoms with Gasteiger partial charge in [-0.3, -0.25) is 4.57 Å². The zero-order valence-corrected chi connectivity index (χ0v) is 17.2. The molecule has 0 unspecified atom stereocenters. The van der Waals surface area contributed by atoms with Crippen LogP contribution in [-0.2, 0) is 27.9 Å². The second-order valence-electron chi connectivity index (χ2n) is 5.94. The molecule has 0 aliphatic carbocycles. The molecule has 0 spiro atoms. The summed E-state index contributed by atoms with van der Waals surface area (Å²) in [6, 6.07) is 17.5. The zero-order chi connectivity index (χ0) is 21.1. The number of ether oxygens (including phenoxy) is 2. The molecule has 2 aromatic rings. The molecule has 29 heavy (non-hydrogen) atoms. The Morgan fingerprint density at radius 1 is 0.931 bits per heavy atom. The molecule has 0 saturated carbocycles. The van der Waals surface area contributed by atoms with Crippen LogP contribution in [0.3, 0.4) is 0 Å². The summed E-state index contributed by atoms with van der Waals surface area (Å²) in [6.45, 7) is 7.06. The standard InChI is InChI=1S/C22H25O6P/c1-4-16-26-29(24,27-17-5-2)22(19-14-10-7-11-15-19)28-21(23)20(25-3)18-12-8-6-9-13-18/h4-15,20,22H,1-2,16-17H2,3H3/t20-,22-/m0/s1. The third-order valence-electron chi connectivity index (χ3n) is 3.90. The first-order chi connectivity index (χ1) is 14.1. The van der Waals surface area contributed by atoms with Crippen molar-refractivity contribution >= 4 is 13.6 Å². The van der Waals surface area contributed by atoms with Crippen molar-refractivity contribution in [2.75, 3.05) is 20.3 Å². The predicted molar refractivity (Wildman–Crippen MR) is 111 cm³/mol. The number of hydrogen-bond acceptors (Lipinski definition) is 6. The van der Waals surface area contributed by atoms with Gasteiger partial charge in [-0.05, 0) is 5.56 Å². The van der Waals surface area contributed by atoms with Crippen LogP contribution in [0.2, 0.25) is 0 Å². The highest BCUT2D eigenvalue weighted by Crippen LogP contribution is 2.61. The molecule has 0 heterocycles. The van der Waals surface area contributed by atoms with Gasteiger partial charge in [0.15, 0.2) is 6.10 Å². The summed E-state index contributed by atoms with van der Waals surface area (Å²) in [5.41, 5.74) is 1.08. The Balaban J connectivity index is 2.39. The second-order valence-corrected chi connectivity index (χ2v) is 8.00. The van der Waals surface area contributed by atoms with Crippen molar-refractivity contribution in [1.82, 2.24) is 0 Å². The van der Waals surface area contributed by atoms with Crippen LogP contribution >= 0.6 is 7.60 Å². The van der Waals surface area contributed by atoms with Gasteiger partial charge in [0.2, 0.25) is 5.85 Å². The highest BCUT2D eigenvalue weighted by Gasteiger charge is 2.41. The molecule has 0 fully saturated rings. The van der Waals surface area contributed by atoms with Gasteiger partial charge >= 0.3 is 13.6 Å². The molecule has 0 amide bonds. The van der Waals surface area contributed by atoms with Gasteiger partial charge in [0, 0.05) is 12.7 Å². The van der Waals surface area contributed by atoms with E-state index in [1.165, 1.54) is 19.3 Å². The van der Waals surface area contributed by atoms with Crippen LogP contribution in [0.4, 0.5) is 0 Å². The molecule has 0 aromatic heterocycles. The Kier molecular flexibility index (Phi) is 9.03. The number of carbonyl (C=O) groups excluding carboxylic acids is 1. The average Bonchev–Trinajstić information content (AvgIpc) is 2.76. The Labute approximate surface area is 171 Å². The SMILES string of the molecule is C=CCOP(=O)(OCC=C)[C@H](OC(=O)[C@@H](OC)c1ccccc1)c1ccccc1. The normalized spacial score (nSPS) is 13.3. The van der Waals surface area contributed by atoms with Gasteiger partial charge < -0.3 is 18.5 Å². The molecule has 2 atom stereocenters. The molecule has 0 saturated heterocycles. The minimum Gasteiger partial charge on any atom is -0.442 e. The van der Waals surface area contributed by atoms with Crippen LogP contribution in [-0.4, -0.2) is 26.3 Å². The van der Waals surface area contributed by atoms with Gasteiger partial charge in [-0.15, -0.1) is 13.2 Å². The highest BCUT2D eigenvalue weighted by molar-refractivity contribution is 7.54. The minimum absolute atomic E-state index is 0.0400. The third kappa shape index (κ3) is 6.24. The van der Waals surface area contributed by atoms with E-state index in [2.05, 4.69) is 13.2 Å². The van der Waals surface area contributed by atoms with Crippen molar-refractivity contribution in [2.45, 2.75) is 11.9 Å². The molecule has 2 rings (SSSR count). The highest BCUT2D eigenvalue weighted by atomic mass is 31.2. The molecule has 6 nitrogen and oxygen atoms in total. The third-order valence-corrected chi connectivity index (χ3v) is 5.89. The molecule has 7 heteroatoms. The largest absolute Gasteiger partial charge is 0.442 e. The first-order valence-electron chi connectivity index (χ1n) is 8.99. The van der Waals surface area contributed by atoms with E-state index >= 15 is 0 Å². The lowest BCUT2D eigenvalue weighted by Crippen LogP contribution is -2.22. The maximum Gasteiger partial charge on any atom is 0.376 e. The fourth-order valence-corrected chi connectivity index (χ4v) is 4.33. The topological polar surface area (TPSA) is 71.1 Å².